The first kappa shape index (κ1) is 15.7. The summed E-state index contributed by atoms with van der Waals surface area (Å²) in [4.78, 5) is 9.14. The second-order valence-electron chi connectivity index (χ2n) is 5.45. The van der Waals surface area contributed by atoms with Crippen LogP contribution in [-0.4, -0.2) is 23.1 Å². The van der Waals surface area contributed by atoms with Crippen LogP contribution in [0.3, 0.4) is 0 Å². The van der Waals surface area contributed by atoms with Gasteiger partial charge in [-0.05, 0) is 25.7 Å². The van der Waals surface area contributed by atoms with E-state index in [1.807, 2.05) is 0 Å². The Balaban J connectivity index is 2.89. The molecule has 0 amide bonds. The van der Waals surface area contributed by atoms with E-state index >= 15 is 0 Å². The first-order chi connectivity index (χ1) is 8.99. The van der Waals surface area contributed by atoms with Gasteiger partial charge in [0.05, 0.1) is 0 Å². The van der Waals surface area contributed by atoms with Crippen molar-refractivity contribution in [1.82, 2.24) is 9.97 Å². The summed E-state index contributed by atoms with van der Waals surface area (Å²) in [6.07, 6.45) is 0.854. The number of aryl methyl sites for hydroxylation is 1. The van der Waals surface area contributed by atoms with E-state index in [1.54, 1.807) is 0 Å². The standard InChI is InChI=1S/C15H28N4/c1-7-13-18-14(16-8-2)12(6)15(19-13)17-9-11(5)10(3)4/h10-11H,7-9H2,1-6H3,(H2,16,17,18,19). The van der Waals surface area contributed by atoms with Gasteiger partial charge in [0.2, 0.25) is 0 Å². The van der Waals surface area contributed by atoms with Gasteiger partial charge >= 0.3 is 0 Å². The van der Waals surface area contributed by atoms with Gasteiger partial charge in [0, 0.05) is 25.1 Å². The summed E-state index contributed by atoms with van der Waals surface area (Å²) in [6.45, 7) is 14.8. The van der Waals surface area contributed by atoms with E-state index in [0.29, 0.717) is 11.8 Å². The molecule has 4 heteroatoms. The van der Waals surface area contributed by atoms with Crippen molar-refractivity contribution in [3.63, 3.8) is 0 Å². The highest BCUT2D eigenvalue weighted by Gasteiger charge is 2.12. The fourth-order valence-corrected chi connectivity index (χ4v) is 1.73. The molecule has 1 unspecified atom stereocenters. The van der Waals surface area contributed by atoms with Crippen molar-refractivity contribution in [2.75, 3.05) is 23.7 Å². The van der Waals surface area contributed by atoms with Crippen LogP contribution in [0.15, 0.2) is 0 Å². The predicted molar refractivity (Wildman–Crippen MR) is 82.8 cm³/mol. The van der Waals surface area contributed by atoms with E-state index in [-0.39, 0.29) is 0 Å². The first-order valence-electron chi connectivity index (χ1n) is 7.34. The second kappa shape index (κ2) is 7.31. The van der Waals surface area contributed by atoms with Gasteiger partial charge in [-0.3, -0.25) is 0 Å². The third kappa shape index (κ3) is 4.37. The maximum atomic E-state index is 4.60. The molecule has 0 aliphatic heterocycles. The molecule has 0 saturated heterocycles. The average Bonchev–Trinajstić information content (AvgIpc) is 2.39. The van der Waals surface area contributed by atoms with Crippen LogP contribution in [0, 0.1) is 18.8 Å². The van der Waals surface area contributed by atoms with Crippen molar-refractivity contribution in [3.05, 3.63) is 11.4 Å². The third-order valence-corrected chi connectivity index (χ3v) is 3.58. The third-order valence-electron chi connectivity index (χ3n) is 3.58. The molecule has 0 fully saturated rings. The maximum Gasteiger partial charge on any atom is 0.134 e. The number of aromatic nitrogens is 2. The molecule has 1 rings (SSSR count). The van der Waals surface area contributed by atoms with Gasteiger partial charge in [-0.25, -0.2) is 9.97 Å². The molecule has 0 radical (unpaired) electrons. The average molecular weight is 264 g/mol. The lowest BCUT2D eigenvalue weighted by molar-refractivity contribution is 0.439. The van der Waals surface area contributed by atoms with Crippen molar-refractivity contribution in [2.45, 2.75) is 48.0 Å². The SMILES string of the molecule is CCNc1nc(CC)nc(NCC(C)C(C)C)c1C. The van der Waals surface area contributed by atoms with Crippen LogP contribution >= 0.6 is 0 Å². The largest absolute Gasteiger partial charge is 0.370 e. The molecule has 0 bridgehead atoms. The van der Waals surface area contributed by atoms with Gasteiger partial charge in [0.1, 0.15) is 17.5 Å². The normalized spacial score (nSPS) is 12.6. The minimum absolute atomic E-state index is 0.627. The molecule has 108 valence electrons. The zero-order valence-electron chi connectivity index (χ0n) is 13.2. The monoisotopic (exact) mass is 264 g/mol. The molecule has 0 aliphatic rings. The van der Waals surface area contributed by atoms with Crippen LogP contribution in [0.4, 0.5) is 11.6 Å². The lowest BCUT2D eigenvalue weighted by Crippen LogP contribution is -2.18. The lowest BCUT2D eigenvalue weighted by atomic mass is 9.98. The first-order valence-corrected chi connectivity index (χ1v) is 7.34. The minimum atomic E-state index is 0.627. The predicted octanol–water partition coefficient (Wildman–Crippen LogP) is 3.48. The second-order valence-corrected chi connectivity index (χ2v) is 5.45. The molecule has 0 aliphatic carbocycles. The number of hydrogen-bond donors (Lipinski definition) is 2. The summed E-state index contributed by atoms with van der Waals surface area (Å²) in [5, 5.41) is 6.79. The Kier molecular flexibility index (Phi) is 6.06. The number of nitrogens with one attached hydrogen (secondary N) is 2. The Bertz CT molecular complexity index is 401. The van der Waals surface area contributed by atoms with E-state index in [9.17, 15) is 0 Å². The fraction of sp³-hybridized carbons (Fsp3) is 0.733. The highest BCUT2D eigenvalue weighted by molar-refractivity contribution is 5.57. The Morgan fingerprint density at radius 3 is 2.05 bits per heavy atom. The van der Waals surface area contributed by atoms with E-state index in [0.717, 1.165) is 42.5 Å². The maximum absolute atomic E-state index is 4.60. The molecule has 1 aromatic rings. The summed E-state index contributed by atoms with van der Waals surface area (Å²) < 4.78 is 0. The van der Waals surface area contributed by atoms with Gasteiger partial charge in [-0.1, -0.05) is 27.7 Å². The van der Waals surface area contributed by atoms with Gasteiger partial charge < -0.3 is 10.6 Å². The van der Waals surface area contributed by atoms with E-state index in [4.69, 9.17) is 0 Å². The fourth-order valence-electron chi connectivity index (χ4n) is 1.73. The van der Waals surface area contributed by atoms with E-state index in [2.05, 4.69) is 62.1 Å². The van der Waals surface area contributed by atoms with Gasteiger partial charge in [0.25, 0.3) is 0 Å². The van der Waals surface area contributed by atoms with Crippen LogP contribution in [0.25, 0.3) is 0 Å². The van der Waals surface area contributed by atoms with Gasteiger partial charge in [-0.2, -0.15) is 0 Å². The van der Waals surface area contributed by atoms with Gasteiger partial charge in [-0.15, -0.1) is 0 Å². The zero-order valence-corrected chi connectivity index (χ0v) is 13.2. The molecule has 4 nitrogen and oxygen atoms in total. The van der Waals surface area contributed by atoms with Crippen molar-refractivity contribution >= 4 is 11.6 Å². The zero-order chi connectivity index (χ0) is 14.4. The van der Waals surface area contributed by atoms with Crippen LogP contribution in [0.5, 0.6) is 0 Å². The minimum Gasteiger partial charge on any atom is -0.370 e. The van der Waals surface area contributed by atoms with Crippen molar-refractivity contribution < 1.29 is 0 Å². The molecule has 1 heterocycles. The molecule has 2 N–H and O–H groups in total. The topological polar surface area (TPSA) is 49.8 Å². The van der Waals surface area contributed by atoms with E-state index in [1.165, 1.54) is 0 Å². The Hall–Kier alpha value is -1.32. The Morgan fingerprint density at radius 2 is 1.58 bits per heavy atom. The summed E-state index contributed by atoms with van der Waals surface area (Å²) in [5.41, 5.74) is 1.11. The molecule has 0 spiro atoms. The Labute approximate surface area is 117 Å². The van der Waals surface area contributed by atoms with Crippen LogP contribution < -0.4 is 10.6 Å². The van der Waals surface area contributed by atoms with Crippen LogP contribution in [0.1, 0.15) is 46.0 Å². The number of nitrogens with zero attached hydrogens (tertiary/aromatic N) is 2. The van der Waals surface area contributed by atoms with Gasteiger partial charge in [0.15, 0.2) is 0 Å². The number of rotatable bonds is 7. The molecule has 1 aromatic heterocycles. The highest BCUT2D eigenvalue weighted by Crippen LogP contribution is 2.21. The van der Waals surface area contributed by atoms with Crippen LogP contribution in [-0.2, 0) is 6.42 Å². The number of anilines is 2. The van der Waals surface area contributed by atoms with Crippen LogP contribution in [0.2, 0.25) is 0 Å². The summed E-state index contributed by atoms with van der Waals surface area (Å²) in [7, 11) is 0. The molecule has 1 atom stereocenters. The lowest BCUT2D eigenvalue weighted by Gasteiger charge is -2.19. The van der Waals surface area contributed by atoms with Crippen molar-refractivity contribution in [3.8, 4) is 0 Å². The molecule has 0 aromatic carbocycles. The van der Waals surface area contributed by atoms with Crippen molar-refractivity contribution in [1.29, 1.82) is 0 Å². The van der Waals surface area contributed by atoms with E-state index < -0.39 is 0 Å². The summed E-state index contributed by atoms with van der Waals surface area (Å²) in [5.74, 6) is 4.11. The Morgan fingerprint density at radius 1 is 1.00 bits per heavy atom. The smallest absolute Gasteiger partial charge is 0.134 e. The summed E-state index contributed by atoms with van der Waals surface area (Å²) in [6, 6.07) is 0. The molecular weight excluding hydrogens is 236 g/mol. The highest BCUT2D eigenvalue weighted by atomic mass is 15.1. The number of hydrogen-bond acceptors (Lipinski definition) is 4. The quantitative estimate of drug-likeness (QED) is 0.791. The summed E-state index contributed by atoms with van der Waals surface area (Å²) >= 11 is 0. The molecular formula is C15H28N4. The van der Waals surface area contributed by atoms with Crippen molar-refractivity contribution in [2.24, 2.45) is 11.8 Å². The molecule has 0 saturated carbocycles. The molecule has 19 heavy (non-hydrogen) atoms.